The lowest BCUT2D eigenvalue weighted by molar-refractivity contribution is -0.143. The molecule has 5 rings (SSSR count). The van der Waals surface area contributed by atoms with Crippen LogP contribution in [0.25, 0.3) is 11.1 Å². The van der Waals surface area contributed by atoms with Crippen LogP contribution in [0.15, 0.2) is 42.5 Å². The van der Waals surface area contributed by atoms with Crippen LogP contribution >= 0.6 is 0 Å². The van der Waals surface area contributed by atoms with Gasteiger partial charge in [-0.15, -0.1) is 0 Å². The van der Waals surface area contributed by atoms with Crippen LogP contribution in [0, 0.1) is 5.82 Å². The average molecular weight is 678 g/mol. The first-order valence-electron chi connectivity index (χ1n) is 13.9. The van der Waals surface area contributed by atoms with Crippen molar-refractivity contribution >= 4 is 17.9 Å². The maximum Gasteiger partial charge on any atom is 0.416 e. The SMILES string of the molecule is C[C@H]1[C@@H](c2cc(C(F)(F)F)cc(C(F)(F)F)c2)OC(=O)N1Cc1nc(N2CC(F)(F)C2)ccc1-c1cc(CCC(=O)O)c(F)cc1O. The van der Waals surface area contributed by atoms with E-state index in [1.54, 1.807) is 0 Å². The highest BCUT2D eigenvalue weighted by Gasteiger charge is 2.46. The monoisotopic (exact) mass is 677 g/mol. The number of pyridine rings is 1. The fourth-order valence-electron chi connectivity index (χ4n) is 5.43. The van der Waals surface area contributed by atoms with Gasteiger partial charge in [0.05, 0.1) is 42.5 Å². The Morgan fingerprint density at radius 2 is 1.62 bits per heavy atom. The Balaban J connectivity index is 1.54. The van der Waals surface area contributed by atoms with E-state index in [2.05, 4.69) is 4.98 Å². The Kier molecular flexibility index (Phi) is 8.47. The minimum absolute atomic E-state index is 0.0202. The van der Waals surface area contributed by atoms with Crippen molar-refractivity contribution in [3.05, 3.63) is 76.2 Å². The summed E-state index contributed by atoms with van der Waals surface area (Å²) in [6.07, 6.45) is -13.8. The zero-order valence-electron chi connectivity index (χ0n) is 24.1. The molecule has 0 saturated carbocycles. The Morgan fingerprint density at radius 1 is 1.00 bits per heavy atom. The van der Waals surface area contributed by atoms with Crippen LogP contribution in [0.5, 0.6) is 5.75 Å². The third kappa shape index (κ3) is 7.02. The molecule has 0 unspecified atom stereocenters. The summed E-state index contributed by atoms with van der Waals surface area (Å²) in [4.78, 5) is 30.6. The molecule has 2 aliphatic rings. The van der Waals surface area contributed by atoms with Gasteiger partial charge in [0.1, 0.15) is 23.5 Å². The predicted octanol–water partition coefficient (Wildman–Crippen LogP) is 7.19. The van der Waals surface area contributed by atoms with Crippen molar-refractivity contribution in [2.24, 2.45) is 0 Å². The first-order chi connectivity index (χ1) is 21.7. The van der Waals surface area contributed by atoms with Crippen molar-refractivity contribution in [3.63, 3.8) is 0 Å². The summed E-state index contributed by atoms with van der Waals surface area (Å²) in [5, 5.41) is 19.7. The number of aromatic nitrogens is 1. The summed E-state index contributed by atoms with van der Waals surface area (Å²) in [7, 11) is 0. The summed E-state index contributed by atoms with van der Waals surface area (Å²) in [6, 6.07) is 4.18. The van der Waals surface area contributed by atoms with E-state index in [4.69, 9.17) is 9.84 Å². The van der Waals surface area contributed by atoms with Gasteiger partial charge in [-0.05, 0) is 60.9 Å². The van der Waals surface area contributed by atoms with Gasteiger partial charge < -0.3 is 19.8 Å². The van der Waals surface area contributed by atoms with Crippen molar-refractivity contribution in [1.29, 1.82) is 0 Å². The molecular formula is C30H24F9N3O5. The zero-order valence-corrected chi connectivity index (χ0v) is 24.1. The number of cyclic esters (lactones) is 1. The van der Waals surface area contributed by atoms with Crippen LogP contribution < -0.4 is 4.90 Å². The number of hydrogen-bond acceptors (Lipinski definition) is 6. The smallest absolute Gasteiger partial charge is 0.416 e. The zero-order chi connectivity index (χ0) is 34.6. The fourth-order valence-corrected chi connectivity index (χ4v) is 5.43. The number of aliphatic carboxylic acids is 1. The Hall–Kier alpha value is -4.70. The molecule has 3 aromatic rings. The number of carboxylic acids is 1. The van der Waals surface area contributed by atoms with Gasteiger partial charge in [0.15, 0.2) is 0 Å². The number of nitrogens with zero attached hydrogens (tertiary/aromatic N) is 3. The topological polar surface area (TPSA) is 103 Å². The highest BCUT2D eigenvalue weighted by atomic mass is 19.4. The number of phenols is 1. The number of aromatic hydroxyl groups is 1. The molecule has 2 saturated heterocycles. The van der Waals surface area contributed by atoms with Crippen molar-refractivity contribution in [1.82, 2.24) is 9.88 Å². The number of alkyl halides is 8. The van der Waals surface area contributed by atoms with Gasteiger partial charge in [0, 0.05) is 23.6 Å². The number of carboxylic acid groups (broad SMARTS) is 1. The maximum absolute atomic E-state index is 14.6. The fraction of sp³-hybridized carbons (Fsp3) is 0.367. The summed E-state index contributed by atoms with van der Waals surface area (Å²) in [6.45, 7) is -0.610. The number of rotatable bonds is 8. The number of halogens is 9. The molecule has 0 spiro atoms. The van der Waals surface area contributed by atoms with E-state index >= 15 is 0 Å². The lowest BCUT2D eigenvalue weighted by Gasteiger charge is -2.39. The summed E-state index contributed by atoms with van der Waals surface area (Å²) < 4.78 is 128. The standard InChI is InChI=1S/C30H24F9N3O5/c1-14-26(16-6-17(29(34,35)36)9-18(7-16)30(37,38)39)47-27(46)42(14)11-22-19(3-4-24(40-22)41-12-28(32,33)13-41)20-8-15(2-5-25(44)45)21(31)10-23(20)43/h3-4,6-10,14,26,43H,2,5,11-13H2,1H3,(H,44,45)/t14-,26-/m0/s1. The van der Waals surface area contributed by atoms with E-state index < -0.39 is 96.8 Å². The molecule has 2 fully saturated rings. The molecule has 252 valence electrons. The van der Waals surface area contributed by atoms with Crippen LogP contribution in [0.2, 0.25) is 0 Å². The predicted molar refractivity (Wildman–Crippen MR) is 145 cm³/mol. The van der Waals surface area contributed by atoms with E-state index in [1.165, 1.54) is 24.0 Å². The van der Waals surface area contributed by atoms with E-state index in [0.717, 1.165) is 17.0 Å². The van der Waals surface area contributed by atoms with E-state index in [0.29, 0.717) is 12.1 Å². The minimum atomic E-state index is -5.16. The van der Waals surface area contributed by atoms with Gasteiger partial charge in [-0.1, -0.05) is 0 Å². The molecule has 0 bridgehead atoms. The molecule has 2 atom stereocenters. The van der Waals surface area contributed by atoms with Crippen LogP contribution in [0.1, 0.15) is 47.4 Å². The molecule has 8 nitrogen and oxygen atoms in total. The van der Waals surface area contributed by atoms with Crippen molar-refractivity contribution in [3.8, 4) is 16.9 Å². The second-order valence-corrected chi connectivity index (χ2v) is 11.2. The third-order valence-corrected chi connectivity index (χ3v) is 7.84. The van der Waals surface area contributed by atoms with Gasteiger partial charge in [-0.2, -0.15) is 26.3 Å². The molecule has 0 radical (unpaired) electrons. The van der Waals surface area contributed by atoms with Crippen LogP contribution in [-0.2, 0) is 34.8 Å². The summed E-state index contributed by atoms with van der Waals surface area (Å²) in [5.41, 5.74) is -4.00. The third-order valence-electron chi connectivity index (χ3n) is 7.84. The summed E-state index contributed by atoms with van der Waals surface area (Å²) in [5.74, 6) is -5.75. The van der Waals surface area contributed by atoms with Crippen LogP contribution in [0.4, 0.5) is 50.1 Å². The van der Waals surface area contributed by atoms with Crippen LogP contribution in [-0.4, -0.2) is 57.2 Å². The molecule has 2 N–H and O–H groups in total. The first-order valence-corrected chi connectivity index (χ1v) is 13.9. The van der Waals surface area contributed by atoms with Gasteiger partial charge >= 0.3 is 24.4 Å². The molecule has 2 aliphatic heterocycles. The normalized spacial score (nSPS) is 19.5. The summed E-state index contributed by atoms with van der Waals surface area (Å²) >= 11 is 0. The number of carbonyl (C=O) groups is 2. The lowest BCUT2D eigenvalue weighted by Crippen LogP contribution is -2.56. The molecule has 3 heterocycles. The number of carbonyl (C=O) groups excluding carboxylic acids is 1. The highest BCUT2D eigenvalue weighted by molar-refractivity contribution is 5.76. The molecule has 1 amide bonds. The Morgan fingerprint density at radius 3 is 2.17 bits per heavy atom. The maximum atomic E-state index is 14.6. The molecule has 0 aliphatic carbocycles. The number of benzene rings is 2. The molecule has 47 heavy (non-hydrogen) atoms. The first kappa shape index (κ1) is 33.7. The number of hydrogen-bond donors (Lipinski definition) is 2. The lowest BCUT2D eigenvalue weighted by atomic mass is 9.96. The molecule has 2 aromatic carbocycles. The minimum Gasteiger partial charge on any atom is -0.507 e. The number of amides is 1. The van der Waals surface area contributed by atoms with Crippen molar-refractivity contribution in [2.45, 2.75) is 56.7 Å². The number of anilines is 1. The van der Waals surface area contributed by atoms with E-state index in [1.807, 2.05) is 0 Å². The van der Waals surface area contributed by atoms with Gasteiger partial charge in [0.25, 0.3) is 5.92 Å². The number of ether oxygens (including phenoxy) is 1. The van der Waals surface area contributed by atoms with Crippen LogP contribution in [0.3, 0.4) is 0 Å². The second-order valence-electron chi connectivity index (χ2n) is 11.2. The van der Waals surface area contributed by atoms with Gasteiger partial charge in [0.2, 0.25) is 0 Å². The molecular weight excluding hydrogens is 653 g/mol. The second kappa shape index (κ2) is 11.8. The van der Waals surface area contributed by atoms with Crippen molar-refractivity contribution < 1.29 is 64.1 Å². The highest BCUT2D eigenvalue weighted by Crippen LogP contribution is 2.42. The quantitative estimate of drug-likeness (QED) is 0.244. The molecule has 1 aromatic heterocycles. The Labute approximate surface area is 260 Å². The van der Waals surface area contributed by atoms with E-state index in [-0.39, 0.29) is 40.7 Å². The van der Waals surface area contributed by atoms with E-state index in [9.17, 15) is 54.2 Å². The number of aryl methyl sites for hydroxylation is 1. The van der Waals surface area contributed by atoms with Crippen molar-refractivity contribution in [2.75, 3.05) is 18.0 Å². The molecule has 17 heteroatoms. The average Bonchev–Trinajstić information content (AvgIpc) is 3.23. The largest absolute Gasteiger partial charge is 0.507 e. The van der Waals surface area contributed by atoms with Gasteiger partial charge in [-0.25, -0.2) is 22.9 Å². The number of phenolic OH excluding ortho intramolecular Hbond substituents is 1. The van der Waals surface area contributed by atoms with Gasteiger partial charge in [-0.3, -0.25) is 9.69 Å². The Bertz CT molecular complexity index is 1690.